The third kappa shape index (κ3) is 3.41. The Kier molecular flexibility index (Phi) is 4.37. The SMILES string of the molecule is NCC(NCCC1CC1)c1cccc(Cl)c1F. The van der Waals surface area contributed by atoms with Gasteiger partial charge in [0.05, 0.1) is 5.02 Å². The van der Waals surface area contributed by atoms with E-state index in [0.29, 0.717) is 12.1 Å². The van der Waals surface area contributed by atoms with Crippen LogP contribution in [0.3, 0.4) is 0 Å². The summed E-state index contributed by atoms with van der Waals surface area (Å²) in [6, 6.07) is 4.90. The third-order valence-corrected chi connectivity index (χ3v) is 3.52. The molecule has 94 valence electrons. The maximum Gasteiger partial charge on any atom is 0.146 e. The minimum atomic E-state index is -0.358. The van der Waals surface area contributed by atoms with Crippen LogP contribution in [0.15, 0.2) is 18.2 Å². The Balaban J connectivity index is 1.97. The number of rotatable bonds is 6. The van der Waals surface area contributed by atoms with Gasteiger partial charge in [-0.1, -0.05) is 36.6 Å². The van der Waals surface area contributed by atoms with Gasteiger partial charge >= 0.3 is 0 Å². The summed E-state index contributed by atoms with van der Waals surface area (Å²) >= 11 is 5.77. The number of halogens is 2. The molecule has 1 fully saturated rings. The molecule has 1 aliphatic rings. The Bertz CT molecular complexity index is 380. The molecule has 2 nitrogen and oxygen atoms in total. The predicted octanol–water partition coefficient (Wildman–Crippen LogP) is 2.87. The summed E-state index contributed by atoms with van der Waals surface area (Å²) in [7, 11) is 0. The second-order valence-electron chi connectivity index (χ2n) is 4.62. The molecule has 0 amide bonds. The highest BCUT2D eigenvalue weighted by Crippen LogP contribution is 2.32. The normalized spacial score (nSPS) is 17.1. The van der Waals surface area contributed by atoms with Crippen molar-refractivity contribution in [3.63, 3.8) is 0 Å². The van der Waals surface area contributed by atoms with Crippen LogP contribution in [-0.2, 0) is 0 Å². The monoisotopic (exact) mass is 256 g/mol. The summed E-state index contributed by atoms with van der Waals surface area (Å²) < 4.78 is 13.8. The van der Waals surface area contributed by atoms with E-state index >= 15 is 0 Å². The molecule has 1 unspecified atom stereocenters. The fourth-order valence-electron chi connectivity index (χ4n) is 1.98. The molecule has 1 atom stereocenters. The number of nitrogens with two attached hydrogens (primary N) is 1. The third-order valence-electron chi connectivity index (χ3n) is 3.23. The first-order valence-corrected chi connectivity index (χ1v) is 6.47. The average molecular weight is 257 g/mol. The Labute approximate surface area is 106 Å². The molecule has 0 aliphatic heterocycles. The fraction of sp³-hybridized carbons (Fsp3) is 0.538. The average Bonchev–Trinajstić information content (AvgIpc) is 3.13. The van der Waals surface area contributed by atoms with Crippen molar-refractivity contribution in [2.45, 2.75) is 25.3 Å². The van der Waals surface area contributed by atoms with Crippen molar-refractivity contribution in [1.82, 2.24) is 5.32 Å². The van der Waals surface area contributed by atoms with Gasteiger partial charge in [0.2, 0.25) is 0 Å². The number of hydrogen-bond acceptors (Lipinski definition) is 2. The highest BCUT2D eigenvalue weighted by Gasteiger charge is 2.21. The van der Waals surface area contributed by atoms with Gasteiger partial charge in [0.1, 0.15) is 5.82 Å². The maximum absolute atomic E-state index is 13.8. The van der Waals surface area contributed by atoms with Crippen LogP contribution < -0.4 is 11.1 Å². The molecule has 2 rings (SSSR count). The molecule has 1 aromatic carbocycles. The second-order valence-corrected chi connectivity index (χ2v) is 5.02. The Hall–Kier alpha value is -0.640. The molecular formula is C13H18ClFN2. The van der Waals surface area contributed by atoms with Crippen LogP contribution in [0.1, 0.15) is 30.9 Å². The van der Waals surface area contributed by atoms with E-state index in [1.807, 2.05) is 0 Å². The number of benzene rings is 1. The van der Waals surface area contributed by atoms with Gasteiger partial charge in [-0.05, 0) is 24.9 Å². The van der Waals surface area contributed by atoms with Gasteiger partial charge in [-0.3, -0.25) is 0 Å². The summed E-state index contributed by atoms with van der Waals surface area (Å²) in [6.45, 7) is 1.26. The molecule has 0 aromatic heterocycles. The van der Waals surface area contributed by atoms with Gasteiger partial charge in [0.25, 0.3) is 0 Å². The van der Waals surface area contributed by atoms with E-state index in [9.17, 15) is 4.39 Å². The zero-order valence-electron chi connectivity index (χ0n) is 9.76. The zero-order chi connectivity index (χ0) is 12.3. The van der Waals surface area contributed by atoms with Crippen molar-refractivity contribution < 1.29 is 4.39 Å². The highest BCUT2D eigenvalue weighted by atomic mass is 35.5. The quantitative estimate of drug-likeness (QED) is 0.821. The summed E-state index contributed by atoms with van der Waals surface area (Å²) in [5.74, 6) is 0.508. The highest BCUT2D eigenvalue weighted by molar-refractivity contribution is 6.30. The van der Waals surface area contributed by atoms with Crippen LogP contribution in [0.25, 0.3) is 0 Å². The van der Waals surface area contributed by atoms with Gasteiger partial charge in [-0.2, -0.15) is 0 Å². The van der Waals surface area contributed by atoms with Gasteiger partial charge in [0.15, 0.2) is 0 Å². The molecule has 1 saturated carbocycles. The van der Waals surface area contributed by atoms with Crippen molar-refractivity contribution in [2.75, 3.05) is 13.1 Å². The topological polar surface area (TPSA) is 38.0 Å². The number of nitrogens with one attached hydrogen (secondary N) is 1. The Morgan fingerprint density at radius 3 is 2.88 bits per heavy atom. The van der Waals surface area contributed by atoms with Gasteiger partial charge in [0, 0.05) is 18.2 Å². The van der Waals surface area contributed by atoms with Crippen LogP contribution in [0.4, 0.5) is 4.39 Å². The fourth-order valence-corrected chi connectivity index (χ4v) is 2.16. The van der Waals surface area contributed by atoms with E-state index in [-0.39, 0.29) is 16.9 Å². The van der Waals surface area contributed by atoms with Crippen molar-refractivity contribution in [1.29, 1.82) is 0 Å². The minimum Gasteiger partial charge on any atom is -0.329 e. The molecule has 17 heavy (non-hydrogen) atoms. The summed E-state index contributed by atoms with van der Waals surface area (Å²) in [5, 5.41) is 3.46. The lowest BCUT2D eigenvalue weighted by Crippen LogP contribution is -2.30. The standard InChI is InChI=1S/C13H18ClFN2/c14-11-3-1-2-10(13(11)15)12(8-16)17-7-6-9-4-5-9/h1-3,9,12,17H,4-8,16H2. The first-order chi connectivity index (χ1) is 8.22. The van der Waals surface area contributed by atoms with E-state index in [1.54, 1.807) is 18.2 Å². The molecule has 0 heterocycles. The van der Waals surface area contributed by atoms with E-state index in [1.165, 1.54) is 12.8 Å². The molecule has 4 heteroatoms. The van der Waals surface area contributed by atoms with Crippen LogP contribution in [0.5, 0.6) is 0 Å². The molecule has 0 saturated heterocycles. The van der Waals surface area contributed by atoms with E-state index in [2.05, 4.69) is 5.32 Å². The summed E-state index contributed by atoms with van der Waals surface area (Å²) in [4.78, 5) is 0. The Morgan fingerprint density at radius 2 is 2.24 bits per heavy atom. The first kappa shape index (κ1) is 12.8. The van der Waals surface area contributed by atoms with Crippen molar-refractivity contribution in [3.05, 3.63) is 34.6 Å². The van der Waals surface area contributed by atoms with Crippen molar-refractivity contribution in [3.8, 4) is 0 Å². The molecule has 1 aliphatic carbocycles. The van der Waals surface area contributed by atoms with Crippen molar-refractivity contribution in [2.24, 2.45) is 11.7 Å². The zero-order valence-corrected chi connectivity index (χ0v) is 10.5. The molecule has 0 bridgehead atoms. The second kappa shape index (κ2) is 5.80. The smallest absolute Gasteiger partial charge is 0.146 e. The minimum absolute atomic E-state index is 0.146. The molecule has 3 N–H and O–H groups in total. The lowest BCUT2D eigenvalue weighted by molar-refractivity contribution is 0.491. The van der Waals surface area contributed by atoms with E-state index in [0.717, 1.165) is 18.9 Å². The van der Waals surface area contributed by atoms with Gasteiger partial charge in [-0.25, -0.2) is 4.39 Å². The van der Waals surface area contributed by atoms with E-state index in [4.69, 9.17) is 17.3 Å². The van der Waals surface area contributed by atoms with E-state index < -0.39 is 0 Å². The predicted molar refractivity (Wildman–Crippen MR) is 68.5 cm³/mol. The van der Waals surface area contributed by atoms with Gasteiger partial charge in [-0.15, -0.1) is 0 Å². The summed E-state index contributed by atoms with van der Waals surface area (Å²) in [5.41, 5.74) is 6.25. The first-order valence-electron chi connectivity index (χ1n) is 6.09. The molecule has 1 aromatic rings. The molecule has 0 spiro atoms. The summed E-state index contributed by atoms with van der Waals surface area (Å²) in [6.07, 6.45) is 3.82. The maximum atomic E-state index is 13.8. The lowest BCUT2D eigenvalue weighted by atomic mass is 10.1. The Morgan fingerprint density at radius 1 is 1.47 bits per heavy atom. The largest absolute Gasteiger partial charge is 0.329 e. The van der Waals surface area contributed by atoms with Gasteiger partial charge < -0.3 is 11.1 Å². The van der Waals surface area contributed by atoms with Crippen LogP contribution >= 0.6 is 11.6 Å². The molecule has 0 radical (unpaired) electrons. The van der Waals surface area contributed by atoms with Crippen LogP contribution in [0, 0.1) is 11.7 Å². The van der Waals surface area contributed by atoms with Crippen molar-refractivity contribution >= 4 is 11.6 Å². The van der Waals surface area contributed by atoms with Crippen LogP contribution in [-0.4, -0.2) is 13.1 Å². The number of hydrogen-bond donors (Lipinski definition) is 2. The van der Waals surface area contributed by atoms with Crippen LogP contribution in [0.2, 0.25) is 5.02 Å². The molecular weight excluding hydrogens is 239 g/mol. The lowest BCUT2D eigenvalue weighted by Gasteiger charge is -2.18.